The summed E-state index contributed by atoms with van der Waals surface area (Å²) in [5.41, 5.74) is 1.72. The van der Waals surface area contributed by atoms with Crippen LogP contribution in [0.25, 0.3) is 5.76 Å². The largest absolute Gasteiger partial charge is 0.507 e. The molecule has 0 aliphatic carbocycles. The molecule has 1 heterocycles. The number of aliphatic hydroxyl groups is 1. The summed E-state index contributed by atoms with van der Waals surface area (Å²) in [6.45, 7) is 2.86. The molecule has 3 rings (SSSR count). The van der Waals surface area contributed by atoms with E-state index < -0.39 is 23.5 Å². The Morgan fingerprint density at radius 1 is 1.16 bits per heavy atom. The molecule has 1 amide bonds. The molecule has 6 nitrogen and oxygen atoms in total. The number of hydrogen-bond acceptors (Lipinski definition) is 5. The quantitative estimate of drug-likeness (QED) is 0.417. The van der Waals surface area contributed by atoms with Gasteiger partial charge in [0.25, 0.3) is 11.7 Å². The maximum atomic E-state index is 13.5. The molecule has 0 bridgehead atoms. The van der Waals surface area contributed by atoms with Crippen LogP contribution in [-0.4, -0.2) is 60.9 Å². The van der Waals surface area contributed by atoms with Crippen LogP contribution in [0.3, 0.4) is 0 Å². The molecule has 1 aliphatic rings. The van der Waals surface area contributed by atoms with Crippen LogP contribution in [0.4, 0.5) is 4.39 Å². The van der Waals surface area contributed by atoms with E-state index in [0.29, 0.717) is 35.4 Å². The lowest BCUT2D eigenvalue weighted by molar-refractivity contribution is -0.139. The predicted molar refractivity (Wildman–Crippen MR) is 116 cm³/mol. The van der Waals surface area contributed by atoms with Gasteiger partial charge >= 0.3 is 0 Å². The minimum atomic E-state index is -0.788. The molecular weight excluding hydrogens is 399 g/mol. The van der Waals surface area contributed by atoms with Crippen molar-refractivity contribution in [1.82, 2.24) is 9.80 Å². The van der Waals surface area contributed by atoms with Crippen molar-refractivity contribution in [2.75, 3.05) is 34.3 Å². The second-order valence-corrected chi connectivity index (χ2v) is 7.88. The predicted octanol–water partition coefficient (Wildman–Crippen LogP) is 3.52. The van der Waals surface area contributed by atoms with Crippen molar-refractivity contribution >= 4 is 17.4 Å². The van der Waals surface area contributed by atoms with E-state index in [-0.39, 0.29) is 11.3 Å². The molecule has 1 fully saturated rings. The maximum Gasteiger partial charge on any atom is 0.295 e. The summed E-state index contributed by atoms with van der Waals surface area (Å²) in [7, 11) is 5.40. The molecule has 0 radical (unpaired) electrons. The first-order chi connectivity index (χ1) is 14.7. The van der Waals surface area contributed by atoms with Crippen LogP contribution in [0.5, 0.6) is 5.75 Å². The van der Waals surface area contributed by atoms with Crippen LogP contribution in [0.15, 0.2) is 48.0 Å². The lowest BCUT2D eigenvalue weighted by Crippen LogP contribution is -2.32. The smallest absolute Gasteiger partial charge is 0.295 e. The SMILES string of the molecule is COc1ccc(/C(O)=C2\C(=O)C(=O)N(CCCN(C)C)[C@H]2c2ccc(F)cc2)c(C)c1. The molecule has 1 N–H and O–H groups in total. The third kappa shape index (κ3) is 4.61. The Morgan fingerprint density at radius 2 is 1.84 bits per heavy atom. The molecule has 0 saturated carbocycles. The summed E-state index contributed by atoms with van der Waals surface area (Å²) < 4.78 is 18.7. The number of nitrogens with zero attached hydrogens (tertiary/aromatic N) is 2. The third-order valence-corrected chi connectivity index (χ3v) is 5.42. The zero-order valence-corrected chi connectivity index (χ0v) is 18.2. The summed E-state index contributed by atoms with van der Waals surface area (Å²) in [4.78, 5) is 29.3. The van der Waals surface area contributed by atoms with Gasteiger partial charge in [-0.2, -0.15) is 0 Å². The second kappa shape index (κ2) is 9.31. The van der Waals surface area contributed by atoms with Gasteiger partial charge in [0.1, 0.15) is 17.3 Å². The van der Waals surface area contributed by atoms with Crippen LogP contribution in [0.1, 0.15) is 29.2 Å². The van der Waals surface area contributed by atoms with Crippen molar-refractivity contribution in [3.05, 3.63) is 70.5 Å². The number of benzene rings is 2. The fourth-order valence-electron chi connectivity index (χ4n) is 3.83. The summed E-state index contributed by atoms with van der Waals surface area (Å²) in [6.07, 6.45) is 0.652. The van der Waals surface area contributed by atoms with E-state index in [4.69, 9.17) is 4.74 Å². The number of amides is 1. The zero-order chi connectivity index (χ0) is 22.7. The highest BCUT2D eigenvalue weighted by molar-refractivity contribution is 6.46. The highest BCUT2D eigenvalue weighted by Crippen LogP contribution is 2.40. The zero-order valence-electron chi connectivity index (χ0n) is 18.2. The highest BCUT2D eigenvalue weighted by atomic mass is 19.1. The molecule has 0 spiro atoms. The Morgan fingerprint density at radius 3 is 2.42 bits per heavy atom. The lowest BCUT2D eigenvalue weighted by atomic mass is 9.94. The Hall–Kier alpha value is -3.19. The summed E-state index contributed by atoms with van der Waals surface area (Å²) in [6, 6.07) is 9.95. The number of halogens is 1. The van der Waals surface area contributed by atoms with Crippen molar-refractivity contribution in [1.29, 1.82) is 0 Å². The van der Waals surface area contributed by atoms with E-state index in [2.05, 4.69) is 0 Å². The Balaban J connectivity index is 2.11. The van der Waals surface area contributed by atoms with Gasteiger partial charge in [-0.05, 0) is 75.4 Å². The molecule has 2 aromatic carbocycles. The fourth-order valence-corrected chi connectivity index (χ4v) is 3.83. The fraction of sp³-hybridized carbons (Fsp3) is 0.333. The first-order valence-electron chi connectivity index (χ1n) is 10.1. The molecule has 164 valence electrons. The Kier molecular flexibility index (Phi) is 6.75. The molecule has 0 aromatic heterocycles. The van der Waals surface area contributed by atoms with Gasteiger partial charge in [0.05, 0.1) is 18.7 Å². The normalized spacial score (nSPS) is 18.1. The summed E-state index contributed by atoms with van der Waals surface area (Å²) in [5.74, 6) is -1.46. The number of ether oxygens (including phenoxy) is 1. The van der Waals surface area contributed by atoms with Crippen molar-refractivity contribution < 1.29 is 23.8 Å². The number of Topliss-reactive ketones (excluding diaryl/α,β-unsaturated/α-hetero) is 1. The van der Waals surface area contributed by atoms with Crippen molar-refractivity contribution in [2.45, 2.75) is 19.4 Å². The molecule has 31 heavy (non-hydrogen) atoms. The van der Waals surface area contributed by atoms with E-state index >= 15 is 0 Å². The number of likely N-dealkylation sites (tertiary alicyclic amines) is 1. The lowest BCUT2D eigenvalue weighted by Gasteiger charge is -2.26. The minimum Gasteiger partial charge on any atom is -0.507 e. The van der Waals surface area contributed by atoms with Gasteiger partial charge in [0.15, 0.2) is 0 Å². The standard InChI is InChI=1S/C24H27FN2O4/c1-15-14-18(31-4)10-11-19(15)22(28)20-21(16-6-8-17(25)9-7-16)27(24(30)23(20)29)13-5-12-26(2)3/h6-11,14,21,28H,5,12-13H2,1-4H3/b22-20+/t21-/m0/s1. The van der Waals surface area contributed by atoms with E-state index in [9.17, 15) is 19.1 Å². The molecular formula is C24H27FN2O4. The van der Waals surface area contributed by atoms with Crippen LogP contribution in [0, 0.1) is 12.7 Å². The number of ketones is 1. The van der Waals surface area contributed by atoms with E-state index in [0.717, 1.165) is 6.54 Å². The third-order valence-electron chi connectivity index (χ3n) is 5.42. The molecule has 1 aliphatic heterocycles. The van der Waals surface area contributed by atoms with E-state index in [1.807, 2.05) is 19.0 Å². The number of aliphatic hydroxyl groups excluding tert-OH is 1. The molecule has 1 saturated heterocycles. The number of methoxy groups -OCH3 is 1. The molecule has 2 aromatic rings. The topological polar surface area (TPSA) is 70.1 Å². The van der Waals surface area contributed by atoms with Crippen LogP contribution < -0.4 is 4.74 Å². The van der Waals surface area contributed by atoms with Crippen LogP contribution in [-0.2, 0) is 9.59 Å². The monoisotopic (exact) mass is 426 g/mol. The van der Waals surface area contributed by atoms with Crippen molar-refractivity contribution in [3.63, 3.8) is 0 Å². The van der Waals surface area contributed by atoms with Crippen molar-refractivity contribution in [3.8, 4) is 5.75 Å². The highest BCUT2D eigenvalue weighted by Gasteiger charge is 2.45. The van der Waals surface area contributed by atoms with Gasteiger partial charge in [-0.3, -0.25) is 9.59 Å². The molecule has 7 heteroatoms. The average molecular weight is 426 g/mol. The maximum absolute atomic E-state index is 13.5. The Bertz CT molecular complexity index is 1010. The number of hydrogen-bond donors (Lipinski definition) is 1. The summed E-state index contributed by atoms with van der Waals surface area (Å²) in [5, 5.41) is 11.1. The molecule has 0 unspecified atom stereocenters. The second-order valence-electron chi connectivity index (χ2n) is 7.88. The average Bonchev–Trinajstić information content (AvgIpc) is 2.98. The number of rotatable bonds is 7. The van der Waals surface area contributed by atoms with Crippen LogP contribution in [0.2, 0.25) is 0 Å². The van der Waals surface area contributed by atoms with Gasteiger partial charge in [0.2, 0.25) is 0 Å². The van der Waals surface area contributed by atoms with E-state index in [1.165, 1.54) is 17.0 Å². The van der Waals surface area contributed by atoms with Crippen molar-refractivity contribution in [2.24, 2.45) is 0 Å². The number of carbonyl (C=O) groups is 2. The van der Waals surface area contributed by atoms with Gasteiger partial charge in [-0.1, -0.05) is 12.1 Å². The van der Waals surface area contributed by atoms with Gasteiger partial charge < -0.3 is 19.6 Å². The minimum absolute atomic E-state index is 0.00901. The number of carbonyl (C=O) groups excluding carboxylic acids is 2. The summed E-state index contributed by atoms with van der Waals surface area (Å²) >= 11 is 0. The van der Waals surface area contributed by atoms with Gasteiger partial charge in [0, 0.05) is 12.1 Å². The van der Waals surface area contributed by atoms with E-state index in [1.54, 1.807) is 44.4 Å². The first-order valence-corrected chi connectivity index (χ1v) is 10.1. The number of aryl methyl sites for hydroxylation is 1. The van der Waals surface area contributed by atoms with Gasteiger partial charge in [-0.15, -0.1) is 0 Å². The first kappa shape index (κ1) is 22.5. The Labute approximate surface area is 181 Å². The molecule has 1 atom stereocenters. The van der Waals surface area contributed by atoms with Gasteiger partial charge in [-0.25, -0.2) is 4.39 Å². The van der Waals surface area contributed by atoms with Crippen LogP contribution >= 0.6 is 0 Å².